The van der Waals surface area contributed by atoms with Gasteiger partial charge in [-0.05, 0) is 18.2 Å². The second kappa shape index (κ2) is 6.43. The van der Waals surface area contributed by atoms with E-state index in [0.29, 0.717) is 0 Å². The minimum atomic E-state index is -5.44. The van der Waals surface area contributed by atoms with Gasteiger partial charge in [0.1, 0.15) is 0 Å². The highest BCUT2D eigenvalue weighted by Gasteiger charge is 2.44. The SMILES string of the molecule is O=[N+]([O-])c1cc(C(F)(F)F)cc2c1nc(C(F)(F)F)n2S(=O)(=O)c1ccccc1. The van der Waals surface area contributed by atoms with E-state index in [9.17, 15) is 44.9 Å². The van der Waals surface area contributed by atoms with E-state index in [2.05, 4.69) is 4.98 Å². The molecule has 0 fully saturated rings. The summed E-state index contributed by atoms with van der Waals surface area (Å²) < 4.78 is 105. The molecule has 2 aromatic carbocycles. The normalized spacial score (nSPS) is 13.0. The summed E-state index contributed by atoms with van der Waals surface area (Å²) in [6.45, 7) is 0. The number of hydrogen-bond acceptors (Lipinski definition) is 5. The van der Waals surface area contributed by atoms with Crippen molar-refractivity contribution in [1.29, 1.82) is 0 Å². The van der Waals surface area contributed by atoms with E-state index in [1.54, 1.807) is 0 Å². The van der Waals surface area contributed by atoms with Crippen LogP contribution >= 0.6 is 0 Å². The van der Waals surface area contributed by atoms with Crippen LogP contribution in [0.3, 0.4) is 0 Å². The van der Waals surface area contributed by atoms with Gasteiger partial charge in [0.25, 0.3) is 15.7 Å². The van der Waals surface area contributed by atoms with E-state index in [0.717, 1.165) is 12.1 Å². The summed E-state index contributed by atoms with van der Waals surface area (Å²) in [6.07, 6.45) is -10.6. The largest absolute Gasteiger partial charge is 0.450 e. The molecule has 0 bridgehead atoms. The van der Waals surface area contributed by atoms with Crippen LogP contribution in [0.4, 0.5) is 32.0 Å². The topological polar surface area (TPSA) is 95.1 Å². The van der Waals surface area contributed by atoms with Gasteiger partial charge in [0.05, 0.1) is 20.9 Å². The number of nitro groups is 1. The molecule has 3 aromatic rings. The summed E-state index contributed by atoms with van der Waals surface area (Å²) in [4.78, 5) is 12.1. The zero-order valence-electron chi connectivity index (χ0n) is 13.7. The lowest BCUT2D eigenvalue weighted by Gasteiger charge is -2.13. The number of nitro benzene ring substituents is 1. The molecular weight excluding hydrogens is 432 g/mol. The van der Waals surface area contributed by atoms with Crippen LogP contribution in [0.5, 0.6) is 0 Å². The minimum Gasteiger partial charge on any atom is -0.258 e. The fourth-order valence-electron chi connectivity index (χ4n) is 2.56. The third kappa shape index (κ3) is 3.50. The third-order valence-corrected chi connectivity index (χ3v) is 5.48. The van der Waals surface area contributed by atoms with Gasteiger partial charge in [0.15, 0.2) is 5.52 Å². The Bertz CT molecular complexity index is 1220. The fraction of sp³-hybridized carbons (Fsp3) is 0.133. The summed E-state index contributed by atoms with van der Waals surface area (Å²) in [5.74, 6) is -2.11. The van der Waals surface area contributed by atoms with Crippen LogP contribution in [0.1, 0.15) is 11.4 Å². The number of aromatic nitrogens is 2. The van der Waals surface area contributed by atoms with Gasteiger partial charge in [-0.2, -0.15) is 26.3 Å². The highest BCUT2D eigenvalue weighted by atomic mass is 32.2. The van der Waals surface area contributed by atoms with Crippen molar-refractivity contribution in [3.05, 3.63) is 64.0 Å². The Balaban J connectivity index is 2.54. The van der Waals surface area contributed by atoms with E-state index in [-0.39, 0.29) is 12.1 Å². The molecule has 1 heterocycles. The highest BCUT2D eigenvalue weighted by molar-refractivity contribution is 7.90. The van der Waals surface area contributed by atoms with Crippen LogP contribution in [0.15, 0.2) is 47.4 Å². The number of benzene rings is 2. The van der Waals surface area contributed by atoms with Crippen LogP contribution in [-0.4, -0.2) is 22.3 Å². The Morgan fingerprint density at radius 3 is 2.03 bits per heavy atom. The van der Waals surface area contributed by atoms with E-state index < -0.39 is 64.3 Å². The first-order chi connectivity index (χ1) is 13.2. The molecule has 0 unspecified atom stereocenters. The predicted octanol–water partition coefficient (Wildman–Crippen LogP) is 4.22. The Kier molecular flexibility index (Phi) is 4.56. The number of imidazole rings is 1. The summed E-state index contributed by atoms with van der Waals surface area (Å²) in [5.41, 5.74) is -5.48. The number of nitrogens with zero attached hydrogens (tertiary/aromatic N) is 3. The average molecular weight is 439 g/mol. The molecule has 0 saturated heterocycles. The molecule has 0 aliphatic heterocycles. The average Bonchev–Trinajstić information content (AvgIpc) is 3.01. The lowest BCUT2D eigenvalue weighted by atomic mass is 10.1. The molecule has 7 nitrogen and oxygen atoms in total. The van der Waals surface area contributed by atoms with Gasteiger partial charge < -0.3 is 0 Å². The third-order valence-electron chi connectivity index (χ3n) is 3.76. The number of fused-ring (bicyclic) bond motifs is 1. The van der Waals surface area contributed by atoms with Crippen LogP contribution in [0.25, 0.3) is 11.0 Å². The van der Waals surface area contributed by atoms with Gasteiger partial charge >= 0.3 is 12.4 Å². The number of halogens is 6. The standard InChI is InChI=1S/C15H7F6N3O4S/c16-14(17,18)8-6-10-12(11(7-8)24(25)26)22-13(15(19,20)21)23(10)29(27,28)9-4-2-1-3-5-9/h1-7H. The zero-order valence-corrected chi connectivity index (χ0v) is 14.5. The van der Waals surface area contributed by atoms with Crippen molar-refractivity contribution in [2.45, 2.75) is 17.2 Å². The van der Waals surface area contributed by atoms with Gasteiger partial charge in [-0.3, -0.25) is 10.1 Å². The van der Waals surface area contributed by atoms with Crippen molar-refractivity contribution in [3.8, 4) is 0 Å². The predicted molar refractivity (Wildman–Crippen MR) is 85.4 cm³/mol. The maximum Gasteiger partial charge on any atom is 0.450 e. The lowest BCUT2D eigenvalue weighted by molar-refractivity contribution is -0.383. The van der Waals surface area contributed by atoms with E-state index in [1.165, 1.54) is 18.2 Å². The van der Waals surface area contributed by atoms with Crippen molar-refractivity contribution >= 4 is 26.7 Å². The summed E-state index contributed by atoms with van der Waals surface area (Å²) >= 11 is 0. The second-order valence-electron chi connectivity index (χ2n) is 5.63. The van der Waals surface area contributed by atoms with Gasteiger partial charge in [0.2, 0.25) is 5.82 Å². The molecule has 154 valence electrons. The minimum absolute atomic E-state index is 0.00500. The fourth-order valence-corrected chi connectivity index (χ4v) is 4.04. The molecule has 3 rings (SSSR count). The summed E-state index contributed by atoms with van der Waals surface area (Å²) in [5, 5.41) is 11.1. The van der Waals surface area contributed by atoms with Gasteiger partial charge in [-0.1, -0.05) is 18.2 Å². The molecule has 29 heavy (non-hydrogen) atoms. The highest BCUT2D eigenvalue weighted by Crippen LogP contribution is 2.40. The molecular formula is C15H7F6N3O4S. The van der Waals surface area contributed by atoms with Crippen molar-refractivity contribution < 1.29 is 39.7 Å². The molecule has 0 saturated carbocycles. The quantitative estimate of drug-likeness (QED) is 0.346. The van der Waals surface area contributed by atoms with Crippen LogP contribution < -0.4 is 0 Å². The molecule has 1 aromatic heterocycles. The molecule has 0 N–H and O–H groups in total. The second-order valence-corrected chi connectivity index (χ2v) is 7.42. The smallest absolute Gasteiger partial charge is 0.258 e. The number of non-ortho nitro benzene ring substituents is 1. The Morgan fingerprint density at radius 2 is 1.55 bits per heavy atom. The van der Waals surface area contributed by atoms with E-state index >= 15 is 0 Å². The number of rotatable bonds is 3. The van der Waals surface area contributed by atoms with Crippen molar-refractivity contribution in [2.24, 2.45) is 0 Å². The molecule has 0 radical (unpaired) electrons. The molecule has 0 aliphatic carbocycles. The van der Waals surface area contributed by atoms with Crippen LogP contribution in [0.2, 0.25) is 0 Å². The monoisotopic (exact) mass is 439 g/mol. The molecule has 0 aliphatic rings. The first-order valence-corrected chi connectivity index (χ1v) is 8.84. The summed E-state index contributed by atoms with van der Waals surface area (Å²) in [6, 6.07) is 5.64. The van der Waals surface area contributed by atoms with Crippen LogP contribution in [0, 0.1) is 10.1 Å². The van der Waals surface area contributed by atoms with Gasteiger partial charge in [0, 0.05) is 6.07 Å². The lowest BCUT2D eigenvalue weighted by Crippen LogP contribution is -2.22. The van der Waals surface area contributed by atoms with Crippen molar-refractivity contribution in [3.63, 3.8) is 0 Å². The zero-order chi connectivity index (χ0) is 21.8. The Hall–Kier alpha value is -3.16. The molecule has 0 atom stereocenters. The number of alkyl halides is 6. The Morgan fingerprint density at radius 1 is 0.966 bits per heavy atom. The number of hydrogen-bond donors (Lipinski definition) is 0. The molecule has 0 spiro atoms. The summed E-state index contributed by atoms with van der Waals surface area (Å²) in [7, 11) is -5.10. The van der Waals surface area contributed by atoms with E-state index in [1.807, 2.05) is 0 Å². The molecule has 0 amide bonds. The molecule has 14 heteroatoms. The van der Waals surface area contributed by atoms with Crippen molar-refractivity contribution in [2.75, 3.05) is 0 Å². The van der Waals surface area contributed by atoms with Gasteiger partial charge in [-0.25, -0.2) is 17.4 Å². The van der Waals surface area contributed by atoms with Crippen LogP contribution in [-0.2, 0) is 22.4 Å². The first-order valence-electron chi connectivity index (χ1n) is 7.40. The maximum absolute atomic E-state index is 13.5. The maximum atomic E-state index is 13.5. The Labute approximate surface area is 157 Å². The van der Waals surface area contributed by atoms with Gasteiger partial charge in [-0.15, -0.1) is 0 Å². The van der Waals surface area contributed by atoms with E-state index in [4.69, 9.17) is 0 Å². The first kappa shape index (κ1) is 20.6. The van der Waals surface area contributed by atoms with Crippen molar-refractivity contribution in [1.82, 2.24) is 8.96 Å².